The van der Waals surface area contributed by atoms with Crippen LogP contribution in [0.25, 0.3) is 0 Å². The summed E-state index contributed by atoms with van der Waals surface area (Å²) in [5.41, 5.74) is -0.427. The summed E-state index contributed by atoms with van der Waals surface area (Å²) in [6, 6.07) is 8.59. The molecule has 0 radical (unpaired) electrons. The Bertz CT molecular complexity index is 736. The summed E-state index contributed by atoms with van der Waals surface area (Å²) in [5, 5.41) is 2.70. The molecule has 0 bridgehead atoms. The summed E-state index contributed by atoms with van der Waals surface area (Å²) < 4.78 is 1.13. The first-order valence-electron chi connectivity index (χ1n) is 5.82. The zero-order chi connectivity index (χ0) is 14.5. The third kappa shape index (κ3) is 3.61. The molecule has 1 amide bonds. The minimum atomic E-state index is -0.606. The number of thioether (sulfide) groups is 1. The molecule has 20 heavy (non-hydrogen) atoms. The number of benzene rings is 1. The van der Waals surface area contributed by atoms with Crippen LogP contribution in [0.1, 0.15) is 0 Å². The lowest BCUT2D eigenvalue weighted by molar-refractivity contribution is -0.116. The summed E-state index contributed by atoms with van der Waals surface area (Å²) in [6.07, 6.45) is 3.24. The third-order valence-corrected chi connectivity index (χ3v) is 3.29. The summed E-state index contributed by atoms with van der Waals surface area (Å²) in [6.45, 7) is -0.154. The van der Waals surface area contributed by atoms with E-state index in [1.807, 2.05) is 24.5 Å². The molecule has 2 aromatic rings. The van der Waals surface area contributed by atoms with Gasteiger partial charge in [0.05, 0.1) is 0 Å². The number of hydrogen-bond acceptors (Lipinski definition) is 4. The monoisotopic (exact) mass is 291 g/mol. The summed E-state index contributed by atoms with van der Waals surface area (Å²) >= 11 is 1.57. The Balaban J connectivity index is 2.08. The second kappa shape index (κ2) is 6.25. The molecule has 0 saturated heterocycles. The highest BCUT2D eigenvalue weighted by Gasteiger charge is 2.05. The Labute approximate surface area is 118 Å². The third-order valence-electron chi connectivity index (χ3n) is 2.56. The van der Waals surface area contributed by atoms with Crippen molar-refractivity contribution < 1.29 is 4.79 Å². The summed E-state index contributed by atoms with van der Waals surface area (Å²) in [7, 11) is 0. The predicted octanol–water partition coefficient (Wildman–Crippen LogP) is 0.897. The van der Waals surface area contributed by atoms with E-state index >= 15 is 0 Å². The normalized spacial score (nSPS) is 10.2. The van der Waals surface area contributed by atoms with E-state index in [2.05, 4.69) is 10.3 Å². The van der Waals surface area contributed by atoms with Crippen LogP contribution in [0.3, 0.4) is 0 Å². The average molecular weight is 291 g/mol. The number of nitrogens with one attached hydrogen (secondary N) is 2. The fourth-order valence-electron chi connectivity index (χ4n) is 1.62. The van der Waals surface area contributed by atoms with Crippen molar-refractivity contribution in [1.29, 1.82) is 0 Å². The molecule has 0 fully saturated rings. The summed E-state index contributed by atoms with van der Waals surface area (Å²) in [4.78, 5) is 37.3. The number of amides is 1. The number of H-pyrrole nitrogens is 1. The van der Waals surface area contributed by atoms with E-state index in [0.29, 0.717) is 5.69 Å². The van der Waals surface area contributed by atoms with Gasteiger partial charge >= 0.3 is 5.69 Å². The van der Waals surface area contributed by atoms with Gasteiger partial charge in [0.15, 0.2) is 0 Å². The van der Waals surface area contributed by atoms with E-state index in [-0.39, 0.29) is 12.5 Å². The van der Waals surface area contributed by atoms with E-state index < -0.39 is 11.2 Å². The molecule has 104 valence electrons. The van der Waals surface area contributed by atoms with Crippen LogP contribution in [0.4, 0.5) is 5.69 Å². The maximum absolute atomic E-state index is 11.8. The van der Waals surface area contributed by atoms with E-state index in [9.17, 15) is 14.4 Å². The van der Waals surface area contributed by atoms with Gasteiger partial charge in [-0.25, -0.2) is 4.79 Å². The van der Waals surface area contributed by atoms with Crippen LogP contribution < -0.4 is 16.6 Å². The van der Waals surface area contributed by atoms with Crippen molar-refractivity contribution in [2.45, 2.75) is 11.4 Å². The van der Waals surface area contributed by atoms with Crippen LogP contribution in [0.5, 0.6) is 0 Å². The van der Waals surface area contributed by atoms with Crippen molar-refractivity contribution in [2.75, 3.05) is 11.6 Å². The Morgan fingerprint density at radius 1 is 1.35 bits per heavy atom. The van der Waals surface area contributed by atoms with Gasteiger partial charge in [-0.3, -0.25) is 19.1 Å². The number of aromatic nitrogens is 2. The van der Waals surface area contributed by atoms with Crippen LogP contribution in [0, 0.1) is 0 Å². The van der Waals surface area contributed by atoms with E-state index in [4.69, 9.17) is 0 Å². The molecule has 1 heterocycles. The quantitative estimate of drug-likeness (QED) is 0.820. The number of rotatable bonds is 4. The van der Waals surface area contributed by atoms with Gasteiger partial charge in [0, 0.05) is 22.8 Å². The number of nitrogens with zero attached hydrogens (tertiary/aromatic N) is 1. The fourth-order valence-corrected chi connectivity index (χ4v) is 2.08. The largest absolute Gasteiger partial charge is 0.328 e. The number of anilines is 1. The van der Waals surface area contributed by atoms with Crippen LogP contribution in [0.2, 0.25) is 0 Å². The van der Waals surface area contributed by atoms with Gasteiger partial charge in [0.2, 0.25) is 5.91 Å². The minimum Gasteiger partial charge on any atom is -0.324 e. The molecule has 0 unspecified atom stereocenters. The molecule has 0 aliphatic heterocycles. The van der Waals surface area contributed by atoms with E-state index in [0.717, 1.165) is 9.46 Å². The number of carbonyl (C=O) groups is 1. The lowest BCUT2D eigenvalue weighted by Crippen LogP contribution is -2.32. The molecule has 7 heteroatoms. The zero-order valence-corrected chi connectivity index (χ0v) is 11.6. The number of aromatic amines is 1. The Morgan fingerprint density at radius 2 is 2.15 bits per heavy atom. The molecule has 6 nitrogen and oxygen atoms in total. The standard InChI is InChI=1S/C13H13N3O3S/c1-20-10-4-2-3-9(7-10)14-12(18)8-16-6-5-11(17)15-13(16)19/h2-7H,8H2,1H3,(H,14,18)(H,15,17,19). The van der Waals surface area contributed by atoms with Gasteiger partial charge in [0.1, 0.15) is 6.54 Å². The Kier molecular flexibility index (Phi) is 4.41. The molecule has 0 aliphatic carbocycles. The molecule has 0 atom stereocenters. The highest BCUT2D eigenvalue weighted by molar-refractivity contribution is 7.98. The van der Waals surface area contributed by atoms with Gasteiger partial charge < -0.3 is 5.32 Å². The Morgan fingerprint density at radius 3 is 2.85 bits per heavy atom. The van der Waals surface area contributed by atoms with Crippen molar-refractivity contribution in [2.24, 2.45) is 0 Å². The van der Waals surface area contributed by atoms with Gasteiger partial charge in [-0.15, -0.1) is 11.8 Å². The maximum Gasteiger partial charge on any atom is 0.328 e. The fraction of sp³-hybridized carbons (Fsp3) is 0.154. The first-order valence-corrected chi connectivity index (χ1v) is 7.04. The van der Waals surface area contributed by atoms with Crippen LogP contribution in [-0.2, 0) is 11.3 Å². The molecule has 1 aromatic heterocycles. The van der Waals surface area contributed by atoms with Crippen molar-refractivity contribution in [3.8, 4) is 0 Å². The molecule has 2 rings (SSSR count). The lowest BCUT2D eigenvalue weighted by atomic mass is 10.3. The average Bonchev–Trinajstić information content (AvgIpc) is 2.42. The van der Waals surface area contributed by atoms with Gasteiger partial charge in [0.25, 0.3) is 5.56 Å². The topological polar surface area (TPSA) is 84.0 Å². The Hall–Kier alpha value is -2.28. The molecule has 2 N–H and O–H groups in total. The second-order valence-electron chi connectivity index (χ2n) is 4.02. The van der Waals surface area contributed by atoms with Crippen LogP contribution in [-0.4, -0.2) is 21.7 Å². The molecule has 1 aromatic carbocycles. The van der Waals surface area contributed by atoms with E-state index in [1.165, 1.54) is 12.3 Å². The molecule has 0 saturated carbocycles. The molecular weight excluding hydrogens is 278 g/mol. The molecular formula is C13H13N3O3S. The zero-order valence-electron chi connectivity index (χ0n) is 10.8. The lowest BCUT2D eigenvalue weighted by Gasteiger charge is -2.07. The maximum atomic E-state index is 11.8. The number of hydrogen-bond donors (Lipinski definition) is 2. The van der Waals surface area contributed by atoms with Crippen LogP contribution >= 0.6 is 11.8 Å². The number of carbonyl (C=O) groups excluding carboxylic acids is 1. The molecule has 0 spiro atoms. The van der Waals surface area contributed by atoms with Crippen molar-refractivity contribution >= 4 is 23.4 Å². The highest BCUT2D eigenvalue weighted by Crippen LogP contribution is 2.18. The second-order valence-corrected chi connectivity index (χ2v) is 4.90. The summed E-state index contributed by atoms with van der Waals surface area (Å²) in [5.74, 6) is -0.336. The predicted molar refractivity (Wildman–Crippen MR) is 78.2 cm³/mol. The SMILES string of the molecule is CSc1cccc(NC(=O)Cn2ccc(=O)[nH]c2=O)c1. The minimum absolute atomic E-state index is 0.154. The van der Waals surface area contributed by atoms with Crippen molar-refractivity contribution in [1.82, 2.24) is 9.55 Å². The van der Waals surface area contributed by atoms with Crippen molar-refractivity contribution in [3.05, 3.63) is 57.4 Å². The van der Waals surface area contributed by atoms with Crippen molar-refractivity contribution in [3.63, 3.8) is 0 Å². The smallest absolute Gasteiger partial charge is 0.324 e. The van der Waals surface area contributed by atoms with Gasteiger partial charge in [-0.05, 0) is 24.5 Å². The molecule has 0 aliphatic rings. The first kappa shape index (κ1) is 14.1. The van der Waals surface area contributed by atoms with Gasteiger partial charge in [-0.2, -0.15) is 0 Å². The van der Waals surface area contributed by atoms with Crippen LogP contribution in [0.15, 0.2) is 51.0 Å². The first-order chi connectivity index (χ1) is 9.58. The van der Waals surface area contributed by atoms with E-state index in [1.54, 1.807) is 17.8 Å². The van der Waals surface area contributed by atoms with Gasteiger partial charge in [-0.1, -0.05) is 6.07 Å². The highest BCUT2D eigenvalue weighted by atomic mass is 32.2.